The highest BCUT2D eigenvalue weighted by atomic mass is 79.9. The summed E-state index contributed by atoms with van der Waals surface area (Å²) in [5.41, 5.74) is 6.60. The highest BCUT2D eigenvalue weighted by Crippen LogP contribution is 2.53. The molecule has 1 aromatic rings. The number of nitrogens with two attached hydrogens (primary N) is 1. The fourth-order valence-corrected chi connectivity index (χ4v) is 3.43. The predicted molar refractivity (Wildman–Crippen MR) is 73.5 cm³/mol. The standard InChI is InChI=1S/C13H18BrNO3/c1-17-9-6-8(14)10(11(16)12(9)18-2)13(7-15)4-3-5-13/h6,16H,3-5,7,15H2,1-2H3. The van der Waals surface area contributed by atoms with E-state index < -0.39 is 0 Å². The van der Waals surface area contributed by atoms with E-state index >= 15 is 0 Å². The number of hydrogen-bond acceptors (Lipinski definition) is 4. The van der Waals surface area contributed by atoms with Gasteiger partial charge >= 0.3 is 0 Å². The average molecular weight is 316 g/mol. The molecule has 100 valence electrons. The van der Waals surface area contributed by atoms with Crippen molar-refractivity contribution < 1.29 is 14.6 Å². The molecule has 4 nitrogen and oxygen atoms in total. The molecule has 5 heteroatoms. The second-order valence-corrected chi connectivity index (χ2v) is 5.51. The molecule has 3 N–H and O–H groups in total. The van der Waals surface area contributed by atoms with Gasteiger partial charge in [0, 0.05) is 22.0 Å². The second-order valence-electron chi connectivity index (χ2n) is 4.66. The molecular weight excluding hydrogens is 298 g/mol. The molecule has 0 amide bonds. The Bertz CT molecular complexity index is 453. The van der Waals surface area contributed by atoms with Crippen molar-refractivity contribution in [2.45, 2.75) is 24.7 Å². The number of phenols is 1. The number of halogens is 1. The molecule has 0 unspecified atom stereocenters. The fourth-order valence-electron chi connectivity index (χ4n) is 2.61. The van der Waals surface area contributed by atoms with Gasteiger partial charge < -0.3 is 20.3 Å². The van der Waals surface area contributed by atoms with Gasteiger partial charge in [0.05, 0.1) is 14.2 Å². The van der Waals surface area contributed by atoms with Gasteiger partial charge in [0.15, 0.2) is 11.5 Å². The monoisotopic (exact) mass is 315 g/mol. The molecule has 0 heterocycles. The van der Waals surface area contributed by atoms with E-state index in [0.717, 1.165) is 29.3 Å². The largest absolute Gasteiger partial charge is 0.504 e. The lowest BCUT2D eigenvalue weighted by molar-refractivity contribution is 0.239. The number of hydrogen-bond donors (Lipinski definition) is 2. The predicted octanol–water partition coefficient (Wildman–Crippen LogP) is 2.55. The maximum absolute atomic E-state index is 10.4. The molecule has 1 aliphatic carbocycles. The van der Waals surface area contributed by atoms with Crippen molar-refractivity contribution in [3.05, 3.63) is 16.1 Å². The van der Waals surface area contributed by atoms with Gasteiger partial charge in [0.25, 0.3) is 0 Å². The Morgan fingerprint density at radius 2 is 2.06 bits per heavy atom. The first-order valence-electron chi connectivity index (χ1n) is 5.93. The van der Waals surface area contributed by atoms with Crippen LogP contribution in [0.5, 0.6) is 17.2 Å². The molecule has 2 rings (SSSR count). The van der Waals surface area contributed by atoms with Gasteiger partial charge in [-0.2, -0.15) is 0 Å². The number of aromatic hydroxyl groups is 1. The van der Waals surface area contributed by atoms with Crippen LogP contribution in [0.4, 0.5) is 0 Å². The molecule has 1 saturated carbocycles. The summed E-state index contributed by atoms with van der Waals surface area (Å²) in [5.74, 6) is 1.02. The lowest BCUT2D eigenvalue weighted by Crippen LogP contribution is -2.41. The minimum Gasteiger partial charge on any atom is -0.504 e. The zero-order valence-electron chi connectivity index (χ0n) is 10.6. The third kappa shape index (κ3) is 1.86. The van der Waals surface area contributed by atoms with Crippen LogP contribution in [0.3, 0.4) is 0 Å². The van der Waals surface area contributed by atoms with E-state index in [0.29, 0.717) is 18.0 Å². The molecule has 0 radical (unpaired) electrons. The lowest BCUT2D eigenvalue weighted by atomic mass is 9.64. The number of rotatable bonds is 4. The summed E-state index contributed by atoms with van der Waals surface area (Å²) in [5, 5.41) is 10.4. The first kappa shape index (κ1) is 13.5. The van der Waals surface area contributed by atoms with Crippen LogP contribution in [-0.2, 0) is 5.41 Å². The zero-order valence-corrected chi connectivity index (χ0v) is 12.2. The fraction of sp³-hybridized carbons (Fsp3) is 0.538. The van der Waals surface area contributed by atoms with Gasteiger partial charge in [0.2, 0.25) is 5.75 Å². The Hall–Kier alpha value is -0.940. The van der Waals surface area contributed by atoms with Crippen molar-refractivity contribution in [3.8, 4) is 17.2 Å². The van der Waals surface area contributed by atoms with E-state index in [1.54, 1.807) is 7.11 Å². The van der Waals surface area contributed by atoms with Gasteiger partial charge in [-0.1, -0.05) is 22.4 Å². The molecule has 0 aliphatic heterocycles. The topological polar surface area (TPSA) is 64.7 Å². The lowest BCUT2D eigenvalue weighted by Gasteiger charge is -2.42. The normalized spacial score (nSPS) is 17.1. The van der Waals surface area contributed by atoms with Crippen molar-refractivity contribution in [1.29, 1.82) is 0 Å². The molecular formula is C13H18BrNO3. The van der Waals surface area contributed by atoms with Crippen LogP contribution in [-0.4, -0.2) is 25.9 Å². The van der Waals surface area contributed by atoms with E-state index in [1.807, 2.05) is 6.07 Å². The number of phenolic OH excluding ortho intramolecular Hbond substituents is 1. The summed E-state index contributed by atoms with van der Waals surface area (Å²) >= 11 is 3.50. The van der Waals surface area contributed by atoms with Crippen LogP contribution in [0.15, 0.2) is 10.5 Å². The molecule has 0 bridgehead atoms. The molecule has 0 aromatic heterocycles. The molecule has 0 saturated heterocycles. The smallest absolute Gasteiger partial charge is 0.203 e. The van der Waals surface area contributed by atoms with Crippen molar-refractivity contribution in [3.63, 3.8) is 0 Å². The van der Waals surface area contributed by atoms with Gasteiger partial charge in [-0.15, -0.1) is 0 Å². The molecule has 1 aromatic carbocycles. The minimum absolute atomic E-state index is 0.133. The van der Waals surface area contributed by atoms with Crippen LogP contribution in [0.1, 0.15) is 24.8 Å². The summed E-state index contributed by atoms with van der Waals surface area (Å²) in [6.45, 7) is 0.522. The van der Waals surface area contributed by atoms with Crippen LogP contribution in [0.25, 0.3) is 0 Å². The number of methoxy groups -OCH3 is 2. The maximum atomic E-state index is 10.4. The summed E-state index contributed by atoms with van der Waals surface area (Å²) in [6, 6.07) is 1.82. The third-order valence-electron chi connectivity index (χ3n) is 3.83. The quantitative estimate of drug-likeness (QED) is 0.896. The Labute approximate surface area is 115 Å². The maximum Gasteiger partial charge on any atom is 0.203 e. The summed E-state index contributed by atoms with van der Waals surface area (Å²) in [4.78, 5) is 0. The molecule has 1 fully saturated rings. The Balaban J connectivity index is 2.61. The molecule has 1 aliphatic rings. The second kappa shape index (κ2) is 4.97. The highest BCUT2D eigenvalue weighted by Gasteiger charge is 2.42. The average Bonchev–Trinajstić information content (AvgIpc) is 2.31. The van der Waals surface area contributed by atoms with Crippen molar-refractivity contribution >= 4 is 15.9 Å². The van der Waals surface area contributed by atoms with Crippen molar-refractivity contribution in [2.75, 3.05) is 20.8 Å². The zero-order chi connectivity index (χ0) is 13.3. The SMILES string of the molecule is COc1cc(Br)c(C2(CN)CCC2)c(O)c1OC. The molecule has 18 heavy (non-hydrogen) atoms. The van der Waals surface area contributed by atoms with E-state index in [2.05, 4.69) is 15.9 Å². The highest BCUT2D eigenvalue weighted by molar-refractivity contribution is 9.10. The number of ether oxygens (including phenoxy) is 2. The van der Waals surface area contributed by atoms with Crippen LogP contribution >= 0.6 is 15.9 Å². The van der Waals surface area contributed by atoms with Gasteiger partial charge in [-0.05, 0) is 18.9 Å². The minimum atomic E-state index is -0.136. The van der Waals surface area contributed by atoms with Crippen molar-refractivity contribution in [1.82, 2.24) is 0 Å². The van der Waals surface area contributed by atoms with E-state index in [4.69, 9.17) is 15.2 Å². The van der Waals surface area contributed by atoms with E-state index in [-0.39, 0.29) is 11.2 Å². The Morgan fingerprint density at radius 3 is 2.44 bits per heavy atom. The summed E-state index contributed by atoms with van der Waals surface area (Å²) in [6.07, 6.45) is 3.12. The van der Waals surface area contributed by atoms with Crippen LogP contribution in [0.2, 0.25) is 0 Å². The van der Waals surface area contributed by atoms with E-state index in [9.17, 15) is 5.11 Å². The Morgan fingerprint density at radius 1 is 1.39 bits per heavy atom. The number of benzene rings is 1. The summed E-state index contributed by atoms with van der Waals surface area (Å²) < 4.78 is 11.3. The third-order valence-corrected chi connectivity index (χ3v) is 4.45. The first-order valence-corrected chi connectivity index (χ1v) is 6.73. The van der Waals surface area contributed by atoms with Gasteiger partial charge in [-0.3, -0.25) is 0 Å². The van der Waals surface area contributed by atoms with Crippen molar-refractivity contribution in [2.24, 2.45) is 5.73 Å². The van der Waals surface area contributed by atoms with Gasteiger partial charge in [-0.25, -0.2) is 0 Å². The molecule has 0 spiro atoms. The first-order chi connectivity index (χ1) is 8.59. The van der Waals surface area contributed by atoms with Gasteiger partial charge in [0.1, 0.15) is 0 Å². The summed E-state index contributed by atoms with van der Waals surface area (Å²) in [7, 11) is 3.07. The molecule has 0 atom stereocenters. The Kier molecular flexibility index (Phi) is 3.73. The van der Waals surface area contributed by atoms with Crippen LogP contribution < -0.4 is 15.2 Å². The van der Waals surface area contributed by atoms with Crippen LogP contribution in [0, 0.1) is 0 Å². The van der Waals surface area contributed by atoms with E-state index in [1.165, 1.54) is 7.11 Å².